The Hall–Kier alpha value is -3.44. The summed E-state index contributed by atoms with van der Waals surface area (Å²) in [5.41, 5.74) is 0. The Bertz CT molecular complexity index is 484. The Morgan fingerprint density at radius 1 is 0.654 bits per heavy atom. The summed E-state index contributed by atoms with van der Waals surface area (Å²) in [5, 5.41) is 23.1. The first-order valence-corrected chi connectivity index (χ1v) is 6.48. The normalized spacial score (nSPS) is 7.73. The second kappa shape index (κ2) is 17.9. The van der Waals surface area contributed by atoms with Crippen molar-refractivity contribution >= 4 is 47.0 Å². The summed E-state index contributed by atoms with van der Waals surface area (Å²) in [5.74, 6) is -7.85. The molecule has 0 amide bonds. The lowest BCUT2D eigenvalue weighted by atomic mass is 10.3. The summed E-state index contributed by atoms with van der Waals surface area (Å²) < 4.78 is 4.02. The number of carbonyl (C=O) groups is 8. The van der Waals surface area contributed by atoms with Gasteiger partial charge in [-0.25, -0.2) is 19.2 Å². The maximum atomic E-state index is 9.94. The fourth-order valence-corrected chi connectivity index (χ4v) is 0.295. The third-order valence-electron chi connectivity index (χ3n) is 1.63. The van der Waals surface area contributed by atoms with Crippen LogP contribution in [0.3, 0.4) is 0 Å². The summed E-state index contributed by atoms with van der Waals surface area (Å²) >= 11 is 0. The second-order valence-corrected chi connectivity index (χ2v) is 3.85. The Balaban J connectivity index is -0.000000124. The number of methoxy groups -OCH3 is 1. The van der Waals surface area contributed by atoms with Gasteiger partial charge in [0.15, 0.2) is 0 Å². The van der Waals surface area contributed by atoms with Gasteiger partial charge in [0.05, 0.1) is 7.11 Å². The molecule has 0 aliphatic carbocycles. The van der Waals surface area contributed by atoms with Crippen molar-refractivity contribution in [1.82, 2.24) is 0 Å². The lowest BCUT2D eigenvalue weighted by Crippen LogP contribution is -2.10. The number of carboxylic acids is 3. The van der Waals surface area contributed by atoms with Gasteiger partial charge < -0.3 is 20.1 Å². The van der Waals surface area contributed by atoms with E-state index in [2.05, 4.69) is 4.74 Å². The van der Waals surface area contributed by atoms with Gasteiger partial charge in [0.25, 0.3) is 0 Å². The minimum absolute atomic E-state index is 0.0787. The fraction of sp³-hybridized carbons (Fsp3) is 0.429. The van der Waals surface area contributed by atoms with E-state index in [-0.39, 0.29) is 6.42 Å². The number of hydrogen-bond donors (Lipinski definition) is 3. The maximum absolute atomic E-state index is 9.94. The van der Waals surface area contributed by atoms with Gasteiger partial charge in [-0.2, -0.15) is 0 Å². The number of carboxylic acid groups (broad SMARTS) is 3. The summed E-state index contributed by atoms with van der Waals surface area (Å²) in [4.78, 5) is 77.1. The van der Waals surface area contributed by atoms with Crippen LogP contribution in [0.25, 0.3) is 0 Å². The van der Waals surface area contributed by atoms with Gasteiger partial charge in [0, 0.05) is 27.2 Å². The van der Waals surface area contributed by atoms with Crippen LogP contribution in [0.4, 0.5) is 0 Å². The smallest absolute Gasteiger partial charge is 0.374 e. The van der Waals surface area contributed by atoms with E-state index < -0.39 is 47.0 Å². The van der Waals surface area contributed by atoms with Gasteiger partial charge in [-0.15, -0.1) is 0 Å². The van der Waals surface area contributed by atoms with Crippen LogP contribution in [0.5, 0.6) is 0 Å². The highest BCUT2D eigenvalue weighted by Crippen LogP contribution is 1.76. The summed E-state index contributed by atoms with van der Waals surface area (Å²) in [7, 11) is 1.17. The molecule has 3 N–H and O–H groups in total. The molecule has 0 fully saturated rings. The van der Waals surface area contributed by atoms with Gasteiger partial charge >= 0.3 is 23.9 Å². The van der Waals surface area contributed by atoms with Gasteiger partial charge in [-0.3, -0.25) is 19.2 Å². The zero-order valence-electron chi connectivity index (χ0n) is 14.7. The van der Waals surface area contributed by atoms with Crippen LogP contribution >= 0.6 is 0 Å². The minimum atomic E-state index is -1.38. The molecule has 0 atom stereocenters. The van der Waals surface area contributed by atoms with Gasteiger partial charge in [0.2, 0.25) is 23.1 Å². The molecule has 12 heteroatoms. The number of ketones is 4. The van der Waals surface area contributed by atoms with Crippen LogP contribution in [0.1, 0.15) is 34.1 Å². The highest BCUT2D eigenvalue weighted by atomic mass is 16.5. The molecule has 0 bridgehead atoms. The quantitative estimate of drug-likeness (QED) is 0.392. The molecule has 0 aliphatic heterocycles. The first-order valence-electron chi connectivity index (χ1n) is 6.48. The lowest BCUT2D eigenvalue weighted by Gasteiger charge is -1.86. The average Bonchev–Trinajstić information content (AvgIpc) is 2.54. The van der Waals surface area contributed by atoms with Crippen molar-refractivity contribution in [3.8, 4) is 0 Å². The van der Waals surface area contributed by atoms with Gasteiger partial charge in [0.1, 0.15) is 0 Å². The summed E-state index contributed by atoms with van der Waals surface area (Å²) in [6.07, 6.45) is 0.0787. The number of esters is 1. The van der Waals surface area contributed by atoms with Crippen molar-refractivity contribution in [3.05, 3.63) is 0 Å². The van der Waals surface area contributed by atoms with Crippen molar-refractivity contribution in [3.63, 3.8) is 0 Å². The number of Topliss-reactive ketones (excluding diaryl/α,β-unsaturated/α-hetero) is 4. The van der Waals surface area contributed by atoms with Crippen LogP contribution in [0, 0.1) is 0 Å². The van der Waals surface area contributed by atoms with E-state index in [1.807, 2.05) is 0 Å². The van der Waals surface area contributed by atoms with Crippen molar-refractivity contribution in [2.75, 3.05) is 7.11 Å². The molecule has 0 aliphatic rings. The van der Waals surface area contributed by atoms with Crippen LogP contribution in [-0.4, -0.2) is 69.4 Å². The SMILES string of the molecule is CC(=O)C(=O)O.CC(=O)C(=O)O.CCC(=O)C(=O)O.COC(=O)C(C)=O. The van der Waals surface area contributed by atoms with E-state index in [9.17, 15) is 38.4 Å². The molecule has 148 valence electrons. The second-order valence-electron chi connectivity index (χ2n) is 3.85. The van der Waals surface area contributed by atoms with Crippen LogP contribution in [0.2, 0.25) is 0 Å². The number of ether oxygens (including phenoxy) is 1. The molecular formula is C14H20O12. The minimum Gasteiger partial charge on any atom is -0.476 e. The van der Waals surface area contributed by atoms with Crippen LogP contribution in [-0.2, 0) is 43.1 Å². The van der Waals surface area contributed by atoms with E-state index in [0.29, 0.717) is 0 Å². The Kier molecular flexibility index (Phi) is 21.0. The molecule has 26 heavy (non-hydrogen) atoms. The molecule has 0 heterocycles. The molecule has 12 nitrogen and oxygen atoms in total. The third-order valence-corrected chi connectivity index (χ3v) is 1.63. The predicted octanol–water partition coefficient (Wildman–Crippen LogP) is -0.881. The molecule has 0 rings (SSSR count). The first kappa shape index (κ1) is 30.4. The van der Waals surface area contributed by atoms with E-state index in [1.165, 1.54) is 14.0 Å². The monoisotopic (exact) mass is 380 g/mol. The van der Waals surface area contributed by atoms with Crippen molar-refractivity contribution in [2.24, 2.45) is 0 Å². The molecule has 0 aromatic carbocycles. The molecule has 0 aromatic heterocycles. The number of aliphatic carboxylic acids is 3. The zero-order chi connectivity index (χ0) is 22.0. The largest absolute Gasteiger partial charge is 0.476 e. The fourth-order valence-electron chi connectivity index (χ4n) is 0.295. The van der Waals surface area contributed by atoms with E-state index in [0.717, 1.165) is 20.8 Å². The molecule has 0 unspecified atom stereocenters. The zero-order valence-corrected chi connectivity index (χ0v) is 14.7. The van der Waals surface area contributed by atoms with E-state index >= 15 is 0 Å². The highest BCUT2D eigenvalue weighted by Gasteiger charge is 2.05. The van der Waals surface area contributed by atoms with Gasteiger partial charge in [-0.05, 0) is 0 Å². The van der Waals surface area contributed by atoms with Crippen LogP contribution < -0.4 is 0 Å². The van der Waals surface area contributed by atoms with Crippen molar-refractivity contribution in [1.29, 1.82) is 0 Å². The molecule has 0 radical (unpaired) electrons. The molecule has 0 saturated carbocycles. The average molecular weight is 380 g/mol. The van der Waals surface area contributed by atoms with E-state index in [4.69, 9.17) is 15.3 Å². The molecule has 0 saturated heterocycles. The highest BCUT2D eigenvalue weighted by molar-refractivity contribution is 6.33. The summed E-state index contributed by atoms with van der Waals surface area (Å²) in [6, 6.07) is 0. The standard InChI is InChI=1S/2C4H6O3.2C3H4O3/c1-3(5)4(6)7-2;1-2-3(5)4(6)7;2*1-2(4)3(5)6/h1-2H3;2H2,1H3,(H,6,7);2*1H3,(H,5,6). The van der Waals surface area contributed by atoms with E-state index in [1.54, 1.807) is 0 Å². The first-order chi connectivity index (χ1) is 11.6. The maximum Gasteiger partial charge on any atom is 0.374 e. The van der Waals surface area contributed by atoms with Gasteiger partial charge in [-0.1, -0.05) is 6.92 Å². The van der Waals surface area contributed by atoms with Crippen molar-refractivity contribution < 1.29 is 58.4 Å². The number of carbonyl (C=O) groups excluding carboxylic acids is 5. The molecular weight excluding hydrogens is 360 g/mol. The molecule has 0 aromatic rings. The number of rotatable bonds is 5. The third kappa shape index (κ3) is 28.7. The lowest BCUT2D eigenvalue weighted by molar-refractivity contribution is -0.150. The predicted molar refractivity (Wildman–Crippen MR) is 82.3 cm³/mol. The topological polar surface area (TPSA) is 206 Å². The van der Waals surface area contributed by atoms with Crippen LogP contribution in [0.15, 0.2) is 0 Å². The Morgan fingerprint density at radius 2 is 0.923 bits per heavy atom. The Labute approximate surface area is 147 Å². The van der Waals surface area contributed by atoms with Crippen molar-refractivity contribution in [2.45, 2.75) is 34.1 Å². The molecule has 0 spiro atoms. The Morgan fingerprint density at radius 3 is 0.923 bits per heavy atom. The number of hydrogen-bond acceptors (Lipinski definition) is 9. The summed E-state index contributed by atoms with van der Waals surface area (Å²) in [6.45, 7) is 4.67.